The molecular weight excluding hydrogens is 319 g/mol. The number of nitrogens with one attached hydrogen (secondary N) is 1. The van der Waals surface area contributed by atoms with E-state index in [4.69, 9.17) is 10.7 Å². The number of rotatable bonds is 3. The molecule has 0 aliphatic heterocycles. The lowest BCUT2D eigenvalue weighted by atomic mass is 10.0. The topological polar surface area (TPSA) is 63.2 Å². The Morgan fingerprint density at radius 2 is 1.85 bits per heavy atom. The monoisotopic (exact) mass is 329 g/mol. The molecule has 112 valence electrons. The Kier molecular flexibility index (Phi) is 4.70. The first kappa shape index (κ1) is 16.8. The number of carbonyl (C=O) groups excluding carboxylic acids is 1. The first-order valence-electron chi connectivity index (χ1n) is 5.32. The lowest BCUT2D eigenvalue weighted by molar-refractivity contribution is -0.123. The van der Waals surface area contributed by atoms with Crippen molar-refractivity contribution in [3.8, 4) is 0 Å². The highest BCUT2D eigenvalue weighted by Gasteiger charge is 2.28. The minimum Gasteiger partial charge on any atom is -0.343 e. The molecule has 0 saturated heterocycles. The van der Waals surface area contributed by atoms with Crippen LogP contribution in [-0.4, -0.2) is 27.0 Å². The van der Waals surface area contributed by atoms with E-state index in [1.54, 1.807) is 5.32 Å². The van der Waals surface area contributed by atoms with Crippen LogP contribution in [0, 0.1) is 13.8 Å². The Balaban J connectivity index is 3.18. The second kappa shape index (κ2) is 5.61. The van der Waals surface area contributed by atoms with Gasteiger partial charge in [-0.25, -0.2) is 8.42 Å². The van der Waals surface area contributed by atoms with Crippen LogP contribution in [0.4, 0.5) is 13.2 Å². The zero-order chi connectivity index (χ0) is 15.7. The van der Waals surface area contributed by atoms with Crippen LogP contribution < -0.4 is 5.32 Å². The normalized spacial score (nSPS) is 12.3. The van der Waals surface area contributed by atoms with Gasteiger partial charge in [0.25, 0.3) is 15.0 Å². The molecule has 0 heterocycles. The summed E-state index contributed by atoms with van der Waals surface area (Å²) in [7, 11) is 1.10. The van der Waals surface area contributed by atoms with E-state index in [1.807, 2.05) is 0 Å². The van der Waals surface area contributed by atoms with Crippen LogP contribution in [-0.2, 0) is 9.05 Å². The number of hydrogen-bond acceptors (Lipinski definition) is 3. The predicted octanol–water partition coefficient (Wildman–Crippen LogP) is 2.52. The van der Waals surface area contributed by atoms with Gasteiger partial charge in [-0.15, -0.1) is 0 Å². The number of hydrogen-bond donors (Lipinski definition) is 1. The quantitative estimate of drug-likeness (QED) is 0.867. The van der Waals surface area contributed by atoms with Crippen molar-refractivity contribution in [3.63, 3.8) is 0 Å². The molecule has 1 aromatic carbocycles. The molecule has 1 rings (SSSR count). The van der Waals surface area contributed by atoms with E-state index < -0.39 is 27.7 Å². The summed E-state index contributed by atoms with van der Waals surface area (Å²) in [6.45, 7) is 1.53. The van der Waals surface area contributed by atoms with Gasteiger partial charge < -0.3 is 5.32 Å². The summed E-state index contributed by atoms with van der Waals surface area (Å²) in [5.74, 6) is -1.01. The standard InChI is InChI=1S/C11H11ClF3NO3S/c1-6-3-8(20(12,18)19)4-9(7(6)2)10(17)16-5-11(13,14)15/h3-4H,5H2,1-2H3,(H,16,17). The number of carbonyl (C=O) groups is 1. The van der Waals surface area contributed by atoms with Crippen molar-refractivity contribution in [2.24, 2.45) is 0 Å². The van der Waals surface area contributed by atoms with Gasteiger partial charge in [0, 0.05) is 16.2 Å². The highest BCUT2D eigenvalue weighted by Crippen LogP contribution is 2.23. The van der Waals surface area contributed by atoms with Gasteiger partial charge in [0.15, 0.2) is 0 Å². The number of aryl methyl sites for hydroxylation is 1. The van der Waals surface area contributed by atoms with Gasteiger partial charge in [0.2, 0.25) is 0 Å². The van der Waals surface area contributed by atoms with Crippen molar-refractivity contribution >= 4 is 25.6 Å². The molecule has 0 fully saturated rings. The molecule has 4 nitrogen and oxygen atoms in total. The van der Waals surface area contributed by atoms with Crippen LogP contribution in [0.2, 0.25) is 0 Å². The smallest absolute Gasteiger partial charge is 0.343 e. The highest BCUT2D eigenvalue weighted by atomic mass is 35.7. The van der Waals surface area contributed by atoms with Crippen molar-refractivity contribution < 1.29 is 26.4 Å². The maximum Gasteiger partial charge on any atom is 0.405 e. The molecule has 9 heteroatoms. The maximum absolute atomic E-state index is 12.0. The molecule has 0 radical (unpaired) electrons. The van der Waals surface area contributed by atoms with E-state index in [0.717, 1.165) is 6.07 Å². The van der Waals surface area contributed by atoms with E-state index in [2.05, 4.69) is 0 Å². The van der Waals surface area contributed by atoms with Crippen LogP contribution in [0.3, 0.4) is 0 Å². The number of halogens is 4. The Labute approximate surface area is 118 Å². The molecule has 1 amide bonds. The lowest BCUT2D eigenvalue weighted by Gasteiger charge is -2.12. The summed E-state index contributed by atoms with van der Waals surface area (Å²) in [4.78, 5) is 11.4. The fourth-order valence-electron chi connectivity index (χ4n) is 1.48. The van der Waals surface area contributed by atoms with Crippen molar-refractivity contribution in [1.82, 2.24) is 5.32 Å². The summed E-state index contributed by atoms with van der Waals surface area (Å²) in [6, 6.07) is 2.20. The Hall–Kier alpha value is -1.28. The second-order valence-electron chi connectivity index (χ2n) is 4.15. The van der Waals surface area contributed by atoms with Gasteiger partial charge in [-0.3, -0.25) is 4.79 Å². The minimum absolute atomic E-state index is 0.159. The van der Waals surface area contributed by atoms with Gasteiger partial charge in [-0.1, -0.05) is 0 Å². The van der Waals surface area contributed by atoms with Crippen molar-refractivity contribution in [2.75, 3.05) is 6.54 Å². The number of alkyl halides is 3. The SMILES string of the molecule is Cc1cc(S(=O)(=O)Cl)cc(C(=O)NCC(F)(F)F)c1C. The molecule has 0 spiro atoms. The van der Waals surface area contributed by atoms with Crippen molar-refractivity contribution in [2.45, 2.75) is 24.9 Å². The molecule has 0 unspecified atom stereocenters. The maximum atomic E-state index is 12.0. The summed E-state index contributed by atoms with van der Waals surface area (Å²) >= 11 is 0. The lowest BCUT2D eigenvalue weighted by Crippen LogP contribution is -2.34. The Morgan fingerprint density at radius 3 is 2.30 bits per heavy atom. The zero-order valence-corrected chi connectivity index (χ0v) is 12.1. The number of benzene rings is 1. The summed E-state index contributed by atoms with van der Waals surface area (Å²) in [5.41, 5.74) is 0.658. The average Bonchev–Trinajstić information content (AvgIpc) is 2.27. The Bertz CT molecular complexity index is 641. The van der Waals surface area contributed by atoms with Gasteiger partial charge in [0.05, 0.1) is 4.90 Å². The van der Waals surface area contributed by atoms with E-state index in [-0.39, 0.29) is 10.5 Å². The van der Waals surface area contributed by atoms with E-state index in [9.17, 15) is 26.4 Å². The molecule has 0 saturated carbocycles. The van der Waals surface area contributed by atoms with Gasteiger partial charge >= 0.3 is 6.18 Å². The molecule has 1 aromatic rings. The third kappa shape index (κ3) is 4.38. The molecule has 0 aliphatic rings. The van der Waals surface area contributed by atoms with Crippen LogP contribution in [0.5, 0.6) is 0 Å². The average molecular weight is 330 g/mol. The molecule has 1 N–H and O–H groups in total. The van der Waals surface area contributed by atoms with Crippen LogP contribution in [0.25, 0.3) is 0 Å². The fraction of sp³-hybridized carbons (Fsp3) is 0.364. The van der Waals surface area contributed by atoms with Crippen LogP contribution in [0.15, 0.2) is 17.0 Å². The van der Waals surface area contributed by atoms with Gasteiger partial charge in [-0.05, 0) is 37.1 Å². The third-order valence-electron chi connectivity index (χ3n) is 2.62. The molecule has 0 aliphatic carbocycles. The molecule has 0 atom stereocenters. The van der Waals surface area contributed by atoms with Crippen LogP contribution >= 0.6 is 10.7 Å². The van der Waals surface area contributed by atoms with Crippen LogP contribution in [0.1, 0.15) is 21.5 Å². The minimum atomic E-state index is -4.55. The van der Waals surface area contributed by atoms with Gasteiger partial charge in [0.1, 0.15) is 6.54 Å². The van der Waals surface area contributed by atoms with E-state index in [1.165, 1.54) is 19.9 Å². The van der Waals surface area contributed by atoms with Crippen molar-refractivity contribution in [1.29, 1.82) is 0 Å². The molecular formula is C11H11ClF3NO3S. The summed E-state index contributed by atoms with van der Waals surface area (Å²) in [5, 5.41) is 1.68. The van der Waals surface area contributed by atoms with Gasteiger partial charge in [-0.2, -0.15) is 13.2 Å². The summed E-state index contributed by atoms with van der Waals surface area (Å²) in [6.07, 6.45) is -4.55. The van der Waals surface area contributed by atoms with Crippen molar-refractivity contribution in [3.05, 3.63) is 28.8 Å². The Morgan fingerprint density at radius 1 is 1.30 bits per heavy atom. The predicted molar refractivity (Wildman–Crippen MR) is 67.3 cm³/mol. The molecule has 0 bridgehead atoms. The largest absolute Gasteiger partial charge is 0.405 e. The second-order valence-corrected chi connectivity index (χ2v) is 6.71. The summed E-state index contributed by atoms with van der Waals surface area (Å²) < 4.78 is 58.6. The third-order valence-corrected chi connectivity index (χ3v) is 3.95. The first-order valence-corrected chi connectivity index (χ1v) is 7.63. The zero-order valence-electron chi connectivity index (χ0n) is 10.5. The first-order chi connectivity index (χ1) is 8.92. The molecule has 20 heavy (non-hydrogen) atoms. The van der Waals surface area contributed by atoms with E-state index in [0.29, 0.717) is 11.1 Å². The highest BCUT2D eigenvalue weighted by molar-refractivity contribution is 8.13. The fourth-order valence-corrected chi connectivity index (χ4v) is 2.32. The molecule has 0 aromatic heterocycles. The number of amides is 1. The van der Waals surface area contributed by atoms with E-state index >= 15 is 0 Å².